The maximum Gasteiger partial charge on any atom is 0.230 e. The van der Waals surface area contributed by atoms with E-state index in [2.05, 4.69) is 42.5 Å². The third kappa shape index (κ3) is 5.91. The van der Waals surface area contributed by atoms with Crippen LogP contribution in [0.1, 0.15) is 52.6 Å². The van der Waals surface area contributed by atoms with E-state index in [1.54, 1.807) is 0 Å². The van der Waals surface area contributed by atoms with Crippen LogP contribution in [0.5, 0.6) is 0 Å². The molecular weight excluding hydrogens is 670 g/mol. The van der Waals surface area contributed by atoms with Gasteiger partial charge in [0.25, 0.3) is 0 Å². The molecule has 0 bridgehead atoms. The lowest BCUT2D eigenvalue weighted by Gasteiger charge is -2.35. The first kappa shape index (κ1) is 29.3. The fourth-order valence-corrected chi connectivity index (χ4v) is 7.14. The van der Waals surface area contributed by atoms with Crippen molar-refractivity contribution >= 4 is 49.6 Å². The number of amides is 3. The molecule has 1 fully saturated rings. The van der Waals surface area contributed by atoms with Gasteiger partial charge in [-0.1, -0.05) is 111 Å². The Labute approximate surface area is 268 Å². The van der Waals surface area contributed by atoms with Crippen LogP contribution in [0.4, 0.5) is 0 Å². The number of likely N-dealkylation sites (tertiary alicyclic amines) is 1. The Hall–Kier alpha value is -3.75. The van der Waals surface area contributed by atoms with Crippen LogP contribution < -0.4 is 10.6 Å². The molecule has 1 saturated heterocycles. The standard InChI is InChI=1S/C35H31Br2N3O3/c36-26-14-10-23(11-15-26)20-38-31(41)18-30-28-8-4-5-9-29(28)33-35(30,34(43)39-21-24-12-16-27(37)17-13-24)19-32(42)40(33)22-25-6-2-1-3-7-25/h1-17,30,33H,18-22H2,(H,38,41)(H,39,43)/t30-,33+,35+/m0/s1. The van der Waals surface area contributed by atoms with Crippen LogP contribution in [0.3, 0.4) is 0 Å². The summed E-state index contributed by atoms with van der Waals surface area (Å²) >= 11 is 6.91. The Kier molecular flexibility index (Phi) is 8.50. The number of halogens is 2. The molecule has 0 aromatic heterocycles. The lowest BCUT2D eigenvalue weighted by molar-refractivity contribution is -0.135. The fourth-order valence-electron chi connectivity index (χ4n) is 6.61. The summed E-state index contributed by atoms with van der Waals surface area (Å²) in [5.41, 5.74) is 3.70. The summed E-state index contributed by atoms with van der Waals surface area (Å²) in [5, 5.41) is 6.21. The minimum atomic E-state index is -1.13. The number of hydrogen-bond acceptors (Lipinski definition) is 3. The Morgan fingerprint density at radius 2 is 1.28 bits per heavy atom. The van der Waals surface area contributed by atoms with Gasteiger partial charge in [0.1, 0.15) is 0 Å². The number of carbonyl (C=O) groups is 3. The summed E-state index contributed by atoms with van der Waals surface area (Å²) in [5.74, 6) is -0.903. The van der Waals surface area contributed by atoms with Crippen LogP contribution in [-0.4, -0.2) is 22.6 Å². The van der Waals surface area contributed by atoms with Crippen molar-refractivity contribution in [2.45, 2.75) is 44.4 Å². The molecule has 43 heavy (non-hydrogen) atoms. The van der Waals surface area contributed by atoms with Crippen molar-refractivity contribution in [2.24, 2.45) is 5.41 Å². The topological polar surface area (TPSA) is 78.5 Å². The highest BCUT2D eigenvalue weighted by Crippen LogP contribution is 2.63. The average Bonchev–Trinajstić information content (AvgIpc) is 3.46. The molecular formula is C35H31Br2N3O3. The molecule has 8 heteroatoms. The van der Waals surface area contributed by atoms with Crippen LogP contribution in [0.2, 0.25) is 0 Å². The maximum absolute atomic E-state index is 14.5. The number of fused-ring (bicyclic) bond motifs is 3. The number of nitrogens with zero attached hydrogens (tertiary/aromatic N) is 1. The number of nitrogens with one attached hydrogen (secondary N) is 2. The molecule has 0 spiro atoms. The minimum absolute atomic E-state index is 0.0377. The highest BCUT2D eigenvalue weighted by Gasteiger charge is 2.65. The van der Waals surface area contributed by atoms with Crippen molar-refractivity contribution in [1.29, 1.82) is 0 Å². The molecule has 0 radical (unpaired) electrons. The number of benzene rings is 4. The molecule has 1 aliphatic heterocycles. The summed E-state index contributed by atoms with van der Waals surface area (Å²) in [4.78, 5) is 43.7. The lowest BCUT2D eigenvalue weighted by Crippen LogP contribution is -2.46. The Balaban J connectivity index is 1.33. The largest absolute Gasteiger partial charge is 0.352 e. The predicted molar refractivity (Wildman–Crippen MR) is 173 cm³/mol. The first-order chi connectivity index (χ1) is 20.8. The third-order valence-corrected chi connectivity index (χ3v) is 9.69. The van der Waals surface area contributed by atoms with Crippen LogP contribution in [-0.2, 0) is 34.0 Å². The van der Waals surface area contributed by atoms with Crippen molar-refractivity contribution in [2.75, 3.05) is 0 Å². The minimum Gasteiger partial charge on any atom is -0.352 e. The van der Waals surface area contributed by atoms with E-state index in [-0.39, 0.29) is 30.6 Å². The van der Waals surface area contributed by atoms with Crippen LogP contribution in [0.25, 0.3) is 0 Å². The SMILES string of the molecule is O=C(C[C@H]1c2ccccc2[C@H]2N(Cc3ccccc3)C(=O)C[C@@]12C(=O)NCc1ccc(Br)cc1)NCc1ccc(Br)cc1. The molecule has 6 rings (SSSR count). The first-order valence-corrected chi connectivity index (χ1v) is 15.9. The van der Waals surface area contributed by atoms with Gasteiger partial charge in [-0.3, -0.25) is 14.4 Å². The van der Waals surface area contributed by atoms with Crippen LogP contribution in [0.15, 0.2) is 112 Å². The molecule has 3 atom stereocenters. The molecule has 6 nitrogen and oxygen atoms in total. The van der Waals surface area contributed by atoms with E-state index in [9.17, 15) is 14.4 Å². The zero-order chi connectivity index (χ0) is 30.0. The number of carbonyl (C=O) groups excluding carboxylic acids is 3. The molecule has 3 amide bonds. The average molecular weight is 701 g/mol. The molecule has 1 heterocycles. The van der Waals surface area contributed by atoms with Crippen molar-refractivity contribution in [3.05, 3.63) is 140 Å². The molecule has 1 aliphatic carbocycles. The second kappa shape index (κ2) is 12.5. The van der Waals surface area contributed by atoms with E-state index in [0.717, 1.165) is 36.8 Å². The molecule has 2 aliphatic rings. The number of hydrogen-bond donors (Lipinski definition) is 2. The van der Waals surface area contributed by atoms with Gasteiger partial charge in [0.15, 0.2) is 0 Å². The third-order valence-electron chi connectivity index (χ3n) is 8.63. The van der Waals surface area contributed by atoms with Gasteiger partial charge >= 0.3 is 0 Å². The smallest absolute Gasteiger partial charge is 0.230 e. The Morgan fingerprint density at radius 1 is 0.721 bits per heavy atom. The van der Waals surface area contributed by atoms with Crippen molar-refractivity contribution in [1.82, 2.24) is 15.5 Å². The van der Waals surface area contributed by atoms with Gasteiger partial charge in [-0.2, -0.15) is 0 Å². The van der Waals surface area contributed by atoms with Gasteiger partial charge in [-0.25, -0.2) is 0 Å². The molecule has 4 aromatic carbocycles. The van der Waals surface area contributed by atoms with Gasteiger partial charge < -0.3 is 15.5 Å². The van der Waals surface area contributed by atoms with E-state index in [4.69, 9.17) is 0 Å². The van der Waals surface area contributed by atoms with Gasteiger partial charge in [0.05, 0.1) is 11.5 Å². The van der Waals surface area contributed by atoms with Crippen molar-refractivity contribution < 1.29 is 14.4 Å². The normalized spacial score (nSPS) is 20.4. The van der Waals surface area contributed by atoms with E-state index in [1.165, 1.54) is 0 Å². The van der Waals surface area contributed by atoms with Gasteiger partial charge in [0.2, 0.25) is 17.7 Å². The summed E-state index contributed by atoms with van der Waals surface area (Å²) in [6.07, 6.45) is 0.137. The van der Waals surface area contributed by atoms with Gasteiger partial charge in [0, 0.05) is 47.3 Å². The first-order valence-electron chi connectivity index (χ1n) is 14.3. The molecule has 4 aromatic rings. The second-order valence-electron chi connectivity index (χ2n) is 11.2. The molecule has 0 unspecified atom stereocenters. The van der Waals surface area contributed by atoms with E-state index < -0.39 is 17.4 Å². The summed E-state index contributed by atoms with van der Waals surface area (Å²) in [6, 6.07) is 32.9. The summed E-state index contributed by atoms with van der Waals surface area (Å²) in [7, 11) is 0. The summed E-state index contributed by atoms with van der Waals surface area (Å²) in [6.45, 7) is 1.10. The van der Waals surface area contributed by atoms with Gasteiger partial charge in [-0.15, -0.1) is 0 Å². The lowest BCUT2D eigenvalue weighted by atomic mass is 9.70. The maximum atomic E-state index is 14.5. The Bertz CT molecular complexity index is 1640. The van der Waals surface area contributed by atoms with Gasteiger partial charge in [-0.05, 0) is 52.1 Å². The molecule has 218 valence electrons. The highest BCUT2D eigenvalue weighted by molar-refractivity contribution is 9.10. The van der Waals surface area contributed by atoms with Crippen molar-refractivity contribution in [3.8, 4) is 0 Å². The van der Waals surface area contributed by atoms with E-state index >= 15 is 0 Å². The zero-order valence-electron chi connectivity index (χ0n) is 23.4. The Morgan fingerprint density at radius 3 is 1.91 bits per heavy atom. The summed E-state index contributed by atoms with van der Waals surface area (Å²) < 4.78 is 1.93. The van der Waals surface area contributed by atoms with E-state index in [0.29, 0.717) is 19.6 Å². The van der Waals surface area contributed by atoms with Crippen LogP contribution >= 0.6 is 31.9 Å². The monoisotopic (exact) mass is 699 g/mol. The molecule has 2 N–H and O–H groups in total. The highest BCUT2D eigenvalue weighted by atomic mass is 79.9. The van der Waals surface area contributed by atoms with Crippen LogP contribution in [0, 0.1) is 5.41 Å². The van der Waals surface area contributed by atoms with Crippen molar-refractivity contribution in [3.63, 3.8) is 0 Å². The second-order valence-corrected chi connectivity index (χ2v) is 13.1. The fraction of sp³-hybridized carbons (Fsp3) is 0.229. The number of rotatable bonds is 9. The van der Waals surface area contributed by atoms with E-state index in [1.807, 2.05) is 108 Å². The quantitative estimate of drug-likeness (QED) is 0.202. The predicted octanol–water partition coefficient (Wildman–Crippen LogP) is 6.79. The zero-order valence-corrected chi connectivity index (χ0v) is 26.6. The molecule has 0 saturated carbocycles.